The molecule has 6 heteroatoms. The van der Waals surface area contributed by atoms with E-state index in [9.17, 15) is 0 Å². The third-order valence-corrected chi connectivity index (χ3v) is 2.94. The van der Waals surface area contributed by atoms with Gasteiger partial charge in [0.2, 0.25) is 0 Å². The van der Waals surface area contributed by atoms with Crippen molar-refractivity contribution in [1.29, 1.82) is 0 Å². The van der Waals surface area contributed by atoms with Gasteiger partial charge in [-0.15, -0.1) is 11.3 Å². The zero-order valence-corrected chi connectivity index (χ0v) is 12.7. The van der Waals surface area contributed by atoms with Crippen LogP contribution >= 0.6 is 27.3 Å². The largest absolute Gasteiger partial charge is 0.490 e. The van der Waals surface area contributed by atoms with Crippen LogP contribution in [0.3, 0.4) is 0 Å². The summed E-state index contributed by atoms with van der Waals surface area (Å²) in [6.07, 6.45) is 0. The summed E-state index contributed by atoms with van der Waals surface area (Å²) in [6.45, 7) is 4.31. The fourth-order valence-corrected chi connectivity index (χ4v) is 1.95. The predicted octanol–water partition coefficient (Wildman–Crippen LogP) is 2.57. The van der Waals surface area contributed by atoms with Gasteiger partial charge in [0.25, 0.3) is 0 Å². The monoisotopic (exact) mass is 338 g/mol. The maximum atomic E-state index is 5.44. The SMILES string of the molecule is BrCCOCCOCCOCCOc1ccsc1. The lowest BCUT2D eigenvalue weighted by Gasteiger charge is -2.07. The van der Waals surface area contributed by atoms with Crippen molar-refractivity contribution in [3.8, 4) is 5.75 Å². The Hall–Kier alpha value is -0.140. The van der Waals surface area contributed by atoms with Gasteiger partial charge in [0.15, 0.2) is 0 Å². The van der Waals surface area contributed by atoms with E-state index in [1.165, 1.54) is 0 Å². The van der Waals surface area contributed by atoms with Gasteiger partial charge in [0.05, 0.1) is 39.6 Å². The summed E-state index contributed by atoms with van der Waals surface area (Å²) in [5.41, 5.74) is 0. The second-order valence-electron chi connectivity index (χ2n) is 3.33. The van der Waals surface area contributed by atoms with Gasteiger partial charge in [-0.1, -0.05) is 15.9 Å². The molecule has 0 atom stereocenters. The van der Waals surface area contributed by atoms with Gasteiger partial charge < -0.3 is 18.9 Å². The molecule has 0 aliphatic rings. The molecule has 0 spiro atoms. The average Bonchev–Trinajstić information content (AvgIpc) is 2.89. The first-order valence-electron chi connectivity index (χ1n) is 5.87. The van der Waals surface area contributed by atoms with Crippen LogP contribution in [0.1, 0.15) is 0 Å². The number of ether oxygens (including phenoxy) is 4. The molecule has 0 radical (unpaired) electrons. The van der Waals surface area contributed by atoms with Crippen LogP contribution in [0.15, 0.2) is 16.8 Å². The van der Waals surface area contributed by atoms with Gasteiger partial charge in [-0.25, -0.2) is 0 Å². The second kappa shape index (κ2) is 11.9. The lowest BCUT2D eigenvalue weighted by molar-refractivity contribution is 0.0119. The number of alkyl halides is 1. The molecule has 1 aromatic heterocycles. The van der Waals surface area contributed by atoms with Crippen molar-refractivity contribution in [1.82, 2.24) is 0 Å². The maximum absolute atomic E-state index is 5.44. The molecule has 1 aromatic rings. The van der Waals surface area contributed by atoms with Crippen molar-refractivity contribution in [2.45, 2.75) is 0 Å². The minimum Gasteiger partial charge on any atom is -0.490 e. The molecule has 1 rings (SSSR count). The Kier molecular flexibility index (Phi) is 10.5. The Morgan fingerprint density at radius 3 is 2.06 bits per heavy atom. The molecule has 0 aliphatic heterocycles. The minimum absolute atomic E-state index is 0.574. The molecule has 0 aromatic carbocycles. The van der Waals surface area contributed by atoms with Crippen LogP contribution in [0, 0.1) is 0 Å². The normalized spacial score (nSPS) is 10.7. The third-order valence-electron chi connectivity index (χ3n) is 1.96. The van der Waals surface area contributed by atoms with E-state index in [0.29, 0.717) is 39.6 Å². The Morgan fingerprint density at radius 2 is 1.50 bits per heavy atom. The highest BCUT2D eigenvalue weighted by atomic mass is 79.9. The molecule has 4 nitrogen and oxygen atoms in total. The molecule has 0 aliphatic carbocycles. The summed E-state index contributed by atoms with van der Waals surface area (Å²) in [5, 5.41) is 4.82. The Labute approximate surface area is 120 Å². The van der Waals surface area contributed by atoms with Crippen LogP contribution in [0.4, 0.5) is 0 Å². The van der Waals surface area contributed by atoms with E-state index >= 15 is 0 Å². The van der Waals surface area contributed by atoms with Gasteiger partial charge in [0.1, 0.15) is 12.4 Å². The van der Waals surface area contributed by atoms with Crippen LogP contribution < -0.4 is 4.74 Å². The zero-order valence-electron chi connectivity index (χ0n) is 10.3. The molecule has 0 bridgehead atoms. The maximum Gasteiger partial charge on any atom is 0.130 e. The molecule has 0 unspecified atom stereocenters. The lowest BCUT2D eigenvalue weighted by atomic mass is 10.6. The fourth-order valence-electron chi connectivity index (χ4n) is 1.15. The Bertz CT molecular complexity index is 269. The first kappa shape index (κ1) is 15.9. The van der Waals surface area contributed by atoms with E-state index in [0.717, 1.165) is 17.7 Å². The van der Waals surface area contributed by atoms with Crippen molar-refractivity contribution in [2.75, 3.05) is 51.6 Å². The van der Waals surface area contributed by atoms with Gasteiger partial charge >= 0.3 is 0 Å². The van der Waals surface area contributed by atoms with E-state index < -0.39 is 0 Å². The van der Waals surface area contributed by atoms with Gasteiger partial charge in [-0.05, 0) is 11.4 Å². The quantitative estimate of drug-likeness (QED) is 0.433. The number of hydrogen-bond donors (Lipinski definition) is 0. The Morgan fingerprint density at radius 1 is 0.889 bits per heavy atom. The fraction of sp³-hybridized carbons (Fsp3) is 0.667. The molecule has 0 fully saturated rings. The Balaban J connectivity index is 1.73. The number of rotatable bonds is 12. The zero-order chi connectivity index (χ0) is 12.9. The first-order valence-corrected chi connectivity index (χ1v) is 7.94. The molecule has 1 heterocycles. The smallest absolute Gasteiger partial charge is 0.130 e. The van der Waals surface area contributed by atoms with E-state index in [4.69, 9.17) is 18.9 Å². The molecule has 0 N–H and O–H groups in total. The van der Waals surface area contributed by atoms with Crippen LogP contribution in [0.25, 0.3) is 0 Å². The van der Waals surface area contributed by atoms with Gasteiger partial charge in [0, 0.05) is 10.7 Å². The highest BCUT2D eigenvalue weighted by Gasteiger charge is 1.94. The summed E-state index contributed by atoms with van der Waals surface area (Å²) in [7, 11) is 0. The first-order chi connectivity index (χ1) is 8.93. The van der Waals surface area contributed by atoms with Crippen LogP contribution in [-0.2, 0) is 14.2 Å². The summed E-state index contributed by atoms with van der Waals surface area (Å²) in [4.78, 5) is 0. The summed E-state index contributed by atoms with van der Waals surface area (Å²) in [5.74, 6) is 0.906. The topological polar surface area (TPSA) is 36.9 Å². The second-order valence-corrected chi connectivity index (χ2v) is 4.91. The predicted molar refractivity (Wildman–Crippen MR) is 76.1 cm³/mol. The molecular formula is C12H19BrO4S. The van der Waals surface area contributed by atoms with E-state index in [-0.39, 0.29) is 0 Å². The molecule has 104 valence electrons. The number of hydrogen-bond acceptors (Lipinski definition) is 5. The van der Waals surface area contributed by atoms with E-state index in [1.54, 1.807) is 11.3 Å². The molecule has 0 saturated carbocycles. The highest BCUT2D eigenvalue weighted by molar-refractivity contribution is 9.09. The van der Waals surface area contributed by atoms with Gasteiger partial charge in [-0.2, -0.15) is 0 Å². The minimum atomic E-state index is 0.574. The average molecular weight is 339 g/mol. The number of halogens is 1. The lowest BCUT2D eigenvalue weighted by Crippen LogP contribution is -2.12. The van der Waals surface area contributed by atoms with Gasteiger partial charge in [-0.3, -0.25) is 0 Å². The summed E-state index contributed by atoms with van der Waals surface area (Å²) in [6, 6.07) is 1.95. The van der Waals surface area contributed by atoms with Crippen LogP contribution in [0.2, 0.25) is 0 Å². The molecular weight excluding hydrogens is 320 g/mol. The summed E-state index contributed by atoms with van der Waals surface area (Å²) >= 11 is 4.91. The third kappa shape index (κ3) is 8.88. The molecule has 0 amide bonds. The highest BCUT2D eigenvalue weighted by Crippen LogP contribution is 2.14. The standard InChI is InChI=1S/C12H19BrO4S/c13-2-3-14-4-5-15-6-7-16-8-9-17-12-1-10-18-11-12/h1,10-11H,2-9H2. The van der Waals surface area contributed by atoms with Crippen molar-refractivity contribution < 1.29 is 18.9 Å². The summed E-state index contributed by atoms with van der Waals surface area (Å²) < 4.78 is 21.4. The van der Waals surface area contributed by atoms with Crippen molar-refractivity contribution >= 4 is 27.3 Å². The van der Waals surface area contributed by atoms with Crippen molar-refractivity contribution in [3.05, 3.63) is 16.8 Å². The molecule has 0 saturated heterocycles. The van der Waals surface area contributed by atoms with E-state index in [1.807, 2.05) is 16.8 Å². The number of thiophene rings is 1. The van der Waals surface area contributed by atoms with Crippen molar-refractivity contribution in [3.63, 3.8) is 0 Å². The van der Waals surface area contributed by atoms with Crippen molar-refractivity contribution in [2.24, 2.45) is 0 Å². The molecule has 18 heavy (non-hydrogen) atoms. The van der Waals surface area contributed by atoms with Crippen LogP contribution in [0.5, 0.6) is 5.75 Å². The van der Waals surface area contributed by atoms with E-state index in [2.05, 4.69) is 15.9 Å². The van der Waals surface area contributed by atoms with Crippen LogP contribution in [-0.4, -0.2) is 51.6 Å².